The molecule has 2 saturated heterocycles. The maximum absolute atomic E-state index is 13.3. The molecule has 1 amide bonds. The number of carbonyl (C=O) groups excluding carboxylic acids is 1. The highest BCUT2D eigenvalue weighted by Gasteiger charge is 2.49. The van der Waals surface area contributed by atoms with E-state index in [4.69, 9.17) is 4.74 Å². The van der Waals surface area contributed by atoms with Crippen LogP contribution in [-0.4, -0.2) is 47.4 Å². The maximum Gasteiger partial charge on any atom is 0.270 e. The molecular formula is C26H29N3O2. The van der Waals surface area contributed by atoms with Crippen LogP contribution in [0.4, 0.5) is 0 Å². The molecular weight excluding hydrogens is 386 g/mol. The summed E-state index contributed by atoms with van der Waals surface area (Å²) in [5.41, 5.74) is 4.51. The van der Waals surface area contributed by atoms with Gasteiger partial charge in [0, 0.05) is 38.3 Å². The fourth-order valence-corrected chi connectivity index (χ4v) is 5.40. The summed E-state index contributed by atoms with van der Waals surface area (Å²) in [6.45, 7) is 5.92. The molecule has 0 spiro atoms. The first-order valence-corrected chi connectivity index (χ1v) is 11.0. The van der Waals surface area contributed by atoms with Crippen LogP contribution in [0.25, 0.3) is 0 Å². The summed E-state index contributed by atoms with van der Waals surface area (Å²) in [7, 11) is 1.70. The molecule has 3 aromatic rings. The van der Waals surface area contributed by atoms with Crippen molar-refractivity contribution >= 4 is 5.91 Å². The highest BCUT2D eigenvalue weighted by Crippen LogP contribution is 2.46. The van der Waals surface area contributed by atoms with Crippen LogP contribution in [0, 0.1) is 18.8 Å². The van der Waals surface area contributed by atoms with Gasteiger partial charge < -0.3 is 14.6 Å². The summed E-state index contributed by atoms with van der Waals surface area (Å²) in [5, 5.41) is 0. The number of carbonyl (C=O) groups is 1. The Morgan fingerprint density at radius 3 is 2.55 bits per heavy atom. The number of methoxy groups -OCH3 is 1. The number of nitrogens with one attached hydrogen (secondary N) is 1. The Morgan fingerprint density at radius 2 is 1.84 bits per heavy atom. The average Bonchev–Trinajstić information content (AvgIpc) is 3.51. The van der Waals surface area contributed by atoms with E-state index in [1.165, 1.54) is 16.7 Å². The predicted molar refractivity (Wildman–Crippen MR) is 121 cm³/mol. The molecule has 1 N–H and O–H groups in total. The lowest BCUT2D eigenvalue weighted by atomic mass is 9.87. The van der Waals surface area contributed by atoms with Gasteiger partial charge in [-0.1, -0.05) is 36.4 Å². The second-order valence-corrected chi connectivity index (χ2v) is 8.81. The van der Waals surface area contributed by atoms with Crippen molar-refractivity contribution in [2.75, 3.05) is 26.7 Å². The lowest BCUT2D eigenvalue weighted by Gasteiger charge is -2.30. The Bertz CT molecular complexity index is 1040. The van der Waals surface area contributed by atoms with Gasteiger partial charge in [0.2, 0.25) is 0 Å². The number of aromatic amines is 1. The minimum atomic E-state index is 0.106. The van der Waals surface area contributed by atoms with Gasteiger partial charge in [-0.15, -0.1) is 0 Å². The number of amides is 1. The first-order valence-electron chi connectivity index (χ1n) is 11.0. The smallest absolute Gasteiger partial charge is 0.270 e. The van der Waals surface area contributed by atoms with Crippen molar-refractivity contribution in [3.63, 3.8) is 0 Å². The zero-order valence-corrected chi connectivity index (χ0v) is 18.1. The molecule has 0 bridgehead atoms. The highest BCUT2D eigenvalue weighted by molar-refractivity contribution is 5.93. The van der Waals surface area contributed by atoms with E-state index in [0.29, 0.717) is 17.5 Å². The Balaban J connectivity index is 1.39. The number of aromatic nitrogens is 1. The highest BCUT2D eigenvalue weighted by atomic mass is 16.5. The number of likely N-dealkylation sites (tertiary alicyclic amines) is 2. The van der Waals surface area contributed by atoms with E-state index in [9.17, 15) is 4.79 Å². The monoisotopic (exact) mass is 415 g/mol. The summed E-state index contributed by atoms with van der Waals surface area (Å²) >= 11 is 0. The van der Waals surface area contributed by atoms with Crippen molar-refractivity contribution in [1.29, 1.82) is 0 Å². The summed E-state index contributed by atoms with van der Waals surface area (Å²) in [6, 6.07) is 20.8. The molecule has 160 valence electrons. The van der Waals surface area contributed by atoms with Crippen LogP contribution < -0.4 is 4.74 Å². The fourth-order valence-electron chi connectivity index (χ4n) is 5.40. The predicted octanol–water partition coefficient (Wildman–Crippen LogP) is 4.28. The summed E-state index contributed by atoms with van der Waals surface area (Å²) < 4.78 is 5.29. The second-order valence-electron chi connectivity index (χ2n) is 8.81. The molecule has 2 fully saturated rings. The van der Waals surface area contributed by atoms with E-state index in [1.54, 1.807) is 7.11 Å². The molecule has 0 unspecified atom stereocenters. The van der Waals surface area contributed by atoms with Crippen LogP contribution in [0.3, 0.4) is 0 Å². The van der Waals surface area contributed by atoms with Gasteiger partial charge >= 0.3 is 0 Å². The molecule has 0 aliphatic carbocycles. The average molecular weight is 416 g/mol. The number of fused-ring (bicyclic) bond motifs is 1. The number of H-pyrrole nitrogens is 1. The molecule has 2 aliphatic rings. The van der Waals surface area contributed by atoms with Gasteiger partial charge in [0.05, 0.1) is 13.2 Å². The van der Waals surface area contributed by atoms with Gasteiger partial charge in [-0.3, -0.25) is 9.69 Å². The Kier molecular flexibility index (Phi) is 5.28. The van der Waals surface area contributed by atoms with Crippen molar-refractivity contribution in [1.82, 2.24) is 14.8 Å². The molecule has 31 heavy (non-hydrogen) atoms. The van der Waals surface area contributed by atoms with Crippen molar-refractivity contribution < 1.29 is 9.53 Å². The van der Waals surface area contributed by atoms with Gasteiger partial charge in [0.1, 0.15) is 11.4 Å². The zero-order valence-electron chi connectivity index (χ0n) is 18.1. The van der Waals surface area contributed by atoms with Crippen molar-refractivity contribution in [2.45, 2.75) is 19.5 Å². The maximum atomic E-state index is 13.3. The second kappa shape index (κ2) is 8.23. The molecule has 5 rings (SSSR count). The van der Waals surface area contributed by atoms with E-state index >= 15 is 0 Å². The molecule has 5 heteroatoms. The van der Waals surface area contributed by atoms with Crippen LogP contribution >= 0.6 is 0 Å². The van der Waals surface area contributed by atoms with Crippen molar-refractivity contribution in [2.24, 2.45) is 11.8 Å². The van der Waals surface area contributed by atoms with Crippen molar-refractivity contribution in [3.05, 3.63) is 89.2 Å². The summed E-state index contributed by atoms with van der Waals surface area (Å²) in [4.78, 5) is 21.1. The number of nitrogens with zero attached hydrogens (tertiary/aromatic N) is 2. The van der Waals surface area contributed by atoms with Gasteiger partial charge in [-0.05, 0) is 53.8 Å². The topological polar surface area (TPSA) is 48.6 Å². The van der Waals surface area contributed by atoms with Crippen LogP contribution in [0.2, 0.25) is 0 Å². The number of benzene rings is 2. The fraction of sp³-hybridized carbons (Fsp3) is 0.346. The molecule has 0 saturated carbocycles. The Labute approximate surface area is 183 Å². The largest absolute Gasteiger partial charge is 0.497 e. The third-order valence-corrected chi connectivity index (χ3v) is 6.90. The minimum Gasteiger partial charge on any atom is -0.497 e. The molecule has 3 heterocycles. The number of hydrogen-bond donors (Lipinski definition) is 1. The van der Waals surface area contributed by atoms with Gasteiger partial charge in [-0.25, -0.2) is 0 Å². The molecule has 2 aliphatic heterocycles. The van der Waals surface area contributed by atoms with Gasteiger partial charge in [0.25, 0.3) is 5.91 Å². The molecule has 3 atom stereocenters. The van der Waals surface area contributed by atoms with E-state index in [-0.39, 0.29) is 11.9 Å². The van der Waals surface area contributed by atoms with E-state index in [2.05, 4.69) is 58.1 Å². The number of aryl methyl sites for hydroxylation is 1. The lowest BCUT2D eigenvalue weighted by Crippen LogP contribution is -2.36. The van der Waals surface area contributed by atoms with E-state index < -0.39 is 0 Å². The van der Waals surface area contributed by atoms with Crippen molar-refractivity contribution in [3.8, 4) is 5.75 Å². The molecule has 1 aromatic heterocycles. The Morgan fingerprint density at radius 1 is 1.03 bits per heavy atom. The Hall–Kier alpha value is -3.05. The number of ether oxygens (including phenoxy) is 1. The minimum absolute atomic E-state index is 0.106. The first-order chi connectivity index (χ1) is 15.1. The lowest BCUT2D eigenvalue weighted by molar-refractivity contribution is 0.0694. The normalized spacial score (nSPS) is 23.2. The van der Waals surface area contributed by atoms with E-state index in [1.807, 2.05) is 30.5 Å². The zero-order chi connectivity index (χ0) is 21.4. The molecule has 2 aromatic carbocycles. The SMILES string of the molecule is COc1ccc(CN2C[C@H]3CN(C(=O)c4ccc[nH]4)[C@H](c4ccccc4C)[C@H]3C2)cc1. The molecule has 5 nitrogen and oxygen atoms in total. The first kappa shape index (κ1) is 19.9. The van der Waals surface area contributed by atoms with Crippen LogP contribution in [0.15, 0.2) is 66.9 Å². The summed E-state index contributed by atoms with van der Waals surface area (Å²) in [5.74, 6) is 1.93. The molecule has 0 radical (unpaired) electrons. The number of hydrogen-bond acceptors (Lipinski definition) is 3. The third kappa shape index (κ3) is 3.74. The van der Waals surface area contributed by atoms with Gasteiger partial charge in [0.15, 0.2) is 0 Å². The third-order valence-electron chi connectivity index (χ3n) is 6.90. The van der Waals surface area contributed by atoms with Crippen LogP contribution in [0.5, 0.6) is 5.75 Å². The standard InChI is InChI=1S/C26H29N3O2/c1-18-6-3-4-7-22(18)25-23-17-28(14-19-9-11-21(31-2)12-10-19)15-20(23)16-29(25)26(30)24-8-5-13-27-24/h3-13,20,23,25,27H,14-17H2,1-2H3/t20-,23-,25+/m0/s1. The quantitative estimate of drug-likeness (QED) is 0.677. The summed E-state index contributed by atoms with van der Waals surface area (Å²) in [6.07, 6.45) is 1.82. The van der Waals surface area contributed by atoms with Gasteiger partial charge in [-0.2, -0.15) is 0 Å². The van der Waals surface area contributed by atoms with Crippen LogP contribution in [0.1, 0.15) is 33.2 Å². The number of rotatable bonds is 5. The van der Waals surface area contributed by atoms with E-state index in [0.717, 1.165) is 31.9 Å². The van der Waals surface area contributed by atoms with Crippen LogP contribution in [-0.2, 0) is 6.54 Å².